The minimum Gasteiger partial charge on any atom is -0.486 e. The van der Waals surface area contributed by atoms with E-state index in [1.54, 1.807) is 0 Å². The third kappa shape index (κ3) is 5.27. The Bertz CT molecular complexity index is 1060. The van der Waals surface area contributed by atoms with Crippen LogP contribution in [0.4, 0.5) is 5.13 Å². The Hall–Kier alpha value is -2.39. The molecule has 0 fully saturated rings. The molecule has 0 bridgehead atoms. The first-order chi connectivity index (χ1) is 15.0. The highest BCUT2D eigenvalue weighted by molar-refractivity contribution is 7.99. The van der Waals surface area contributed by atoms with E-state index in [0.29, 0.717) is 23.4 Å². The predicted molar refractivity (Wildman–Crippen MR) is 124 cm³/mol. The molecule has 2 heterocycles. The molecule has 2 aromatic heterocycles. The molecule has 1 aromatic carbocycles. The zero-order chi connectivity index (χ0) is 21.8. The van der Waals surface area contributed by atoms with Crippen molar-refractivity contribution >= 4 is 34.1 Å². The van der Waals surface area contributed by atoms with Crippen LogP contribution in [-0.2, 0) is 30.8 Å². The van der Waals surface area contributed by atoms with E-state index in [1.165, 1.54) is 47.1 Å². The van der Waals surface area contributed by atoms with Gasteiger partial charge < -0.3 is 14.6 Å². The van der Waals surface area contributed by atoms with Gasteiger partial charge in [0.25, 0.3) is 0 Å². The van der Waals surface area contributed by atoms with Crippen LogP contribution in [0.3, 0.4) is 0 Å². The number of ether oxygens (including phenoxy) is 1. The second-order valence-electron chi connectivity index (χ2n) is 7.57. The smallest absolute Gasteiger partial charge is 0.236 e. The molecular weight excluding hydrogens is 430 g/mol. The molecule has 0 aliphatic heterocycles. The highest BCUT2D eigenvalue weighted by Gasteiger charge is 2.16. The van der Waals surface area contributed by atoms with Crippen LogP contribution in [0.25, 0.3) is 0 Å². The molecule has 1 aliphatic rings. The van der Waals surface area contributed by atoms with Gasteiger partial charge in [-0.1, -0.05) is 17.8 Å². The fraction of sp³-hybridized carbons (Fsp3) is 0.455. The zero-order valence-electron chi connectivity index (χ0n) is 18.1. The number of hydrogen-bond acceptors (Lipinski definition) is 7. The normalized spacial score (nSPS) is 13.1. The van der Waals surface area contributed by atoms with Gasteiger partial charge in [-0.05, 0) is 69.7 Å². The van der Waals surface area contributed by atoms with E-state index in [1.807, 2.05) is 31.4 Å². The lowest BCUT2D eigenvalue weighted by molar-refractivity contribution is -0.113. The molecule has 1 N–H and O–H groups in total. The molecule has 0 saturated carbocycles. The Morgan fingerprint density at radius 3 is 2.77 bits per heavy atom. The maximum absolute atomic E-state index is 12.3. The number of nitrogens with one attached hydrogen (secondary N) is 1. The highest BCUT2D eigenvalue weighted by atomic mass is 32.2. The molecule has 9 heteroatoms. The average Bonchev–Trinajstić information content (AvgIpc) is 3.31. The van der Waals surface area contributed by atoms with Crippen LogP contribution in [0.5, 0.6) is 5.75 Å². The minimum atomic E-state index is -0.101. The first-order valence-corrected chi connectivity index (χ1v) is 12.4. The van der Waals surface area contributed by atoms with Gasteiger partial charge in [0.1, 0.15) is 12.4 Å². The number of rotatable bonds is 8. The van der Waals surface area contributed by atoms with Crippen molar-refractivity contribution in [1.29, 1.82) is 0 Å². The molecule has 0 saturated heterocycles. The molecule has 1 amide bonds. The Morgan fingerprint density at radius 1 is 1.23 bits per heavy atom. The number of carbonyl (C=O) groups excluding carboxylic acids is 1. The van der Waals surface area contributed by atoms with Crippen molar-refractivity contribution < 1.29 is 9.53 Å². The quantitative estimate of drug-likeness (QED) is 0.500. The Morgan fingerprint density at radius 2 is 2.03 bits per heavy atom. The number of nitrogens with zero attached hydrogens (tertiary/aromatic N) is 4. The number of fused-ring (bicyclic) bond motifs is 1. The zero-order valence-corrected chi connectivity index (χ0v) is 19.7. The number of aromatic nitrogens is 4. The van der Waals surface area contributed by atoms with E-state index in [9.17, 15) is 4.79 Å². The van der Waals surface area contributed by atoms with Crippen LogP contribution in [0.1, 0.15) is 47.3 Å². The van der Waals surface area contributed by atoms with Crippen molar-refractivity contribution in [3.63, 3.8) is 0 Å². The summed E-state index contributed by atoms with van der Waals surface area (Å²) in [4.78, 5) is 17.8. The molecular formula is C22H27N5O2S2. The molecule has 0 atom stereocenters. The first kappa shape index (κ1) is 21.8. The number of benzene rings is 1. The van der Waals surface area contributed by atoms with Crippen molar-refractivity contribution in [2.75, 3.05) is 11.1 Å². The number of thioether (sulfide) groups is 1. The van der Waals surface area contributed by atoms with E-state index in [2.05, 4.69) is 32.6 Å². The largest absolute Gasteiger partial charge is 0.486 e. The fourth-order valence-corrected chi connectivity index (χ4v) is 5.26. The Kier molecular flexibility index (Phi) is 6.92. The van der Waals surface area contributed by atoms with Crippen LogP contribution < -0.4 is 10.1 Å². The minimum absolute atomic E-state index is 0.101. The average molecular weight is 458 g/mol. The van der Waals surface area contributed by atoms with Crippen LogP contribution in [-0.4, -0.2) is 31.4 Å². The van der Waals surface area contributed by atoms with Crippen molar-refractivity contribution in [2.24, 2.45) is 0 Å². The van der Waals surface area contributed by atoms with Crippen LogP contribution in [0, 0.1) is 13.8 Å². The standard InChI is InChI=1S/C22H27N5O2S2/c1-4-27-19(12-29-18-10-9-16-7-5-6-8-17(16)11-18)25-26-22(27)30-13-20(28)24-21-23-14(2)15(3)31-21/h9-11H,4-8,12-13H2,1-3H3,(H,23,24,28). The second kappa shape index (κ2) is 9.82. The number of hydrogen-bond donors (Lipinski definition) is 1. The summed E-state index contributed by atoms with van der Waals surface area (Å²) in [6, 6.07) is 6.38. The summed E-state index contributed by atoms with van der Waals surface area (Å²) in [5, 5.41) is 12.8. The summed E-state index contributed by atoms with van der Waals surface area (Å²) >= 11 is 2.86. The molecule has 3 aromatic rings. The van der Waals surface area contributed by atoms with Crippen molar-refractivity contribution in [1.82, 2.24) is 19.7 Å². The summed E-state index contributed by atoms with van der Waals surface area (Å²) in [5.74, 6) is 1.78. The van der Waals surface area contributed by atoms with Crippen molar-refractivity contribution in [3.05, 3.63) is 45.7 Å². The summed E-state index contributed by atoms with van der Waals surface area (Å²) < 4.78 is 8.01. The molecule has 0 spiro atoms. The van der Waals surface area contributed by atoms with E-state index in [4.69, 9.17) is 4.74 Å². The predicted octanol–water partition coefficient (Wildman–Crippen LogP) is 4.56. The number of anilines is 1. The molecule has 1 aliphatic carbocycles. The maximum atomic E-state index is 12.3. The van der Waals surface area contributed by atoms with Gasteiger partial charge in [-0.25, -0.2) is 4.98 Å². The van der Waals surface area contributed by atoms with Gasteiger partial charge in [0, 0.05) is 11.4 Å². The van der Waals surface area contributed by atoms with Crippen LogP contribution >= 0.6 is 23.1 Å². The highest BCUT2D eigenvalue weighted by Crippen LogP contribution is 2.26. The molecule has 0 radical (unpaired) electrons. The summed E-state index contributed by atoms with van der Waals surface area (Å²) in [6.07, 6.45) is 4.81. The lowest BCUT2D eigenvalue weighted by atomic mass is 9.92. The molecule has 31 heavy (non-hydrogen) atoms. The van der Waals surface area contributed by atoms with Gasteiger partial charge in [0.2, 0.25) is 5.91 Å². The monoisotopic (exact) mass is 457 g/mol. The first-order valence-electron chi connectivity index (χ1n) is 10.6. The topological polar surface area (TPSA) is 81.9 Å². The van der Waals surface area contributed by atoms with E-state index < -0.39 is 0 Å². The molecule has 7 nitrogen and oxygen atoms in total. The SMILES string of the molecule is CCn1c(COc2ccc3c(c2)CCCC3)nnc1SCC(=O)Nc1nc(C)c(C)s1. The van der Waals surface area contributed by atoms with Gasteiger partial charge in [0.05, 0.1) is 11.4 Å². The van der Waals surface area contributed by atoms with Crippen molar-refractivity contribution in [2.45, 2.75) is 64.8 Å². The van der Waals surface area contributed by atoms with Gasteiger partial charge >= 0.3 is 0 Å². The maximum Gasteiger partial charge on any atom is 0.236 e. The number of amides is 1. The second-order valence-corrected chi connectivity index (χ2v) is 9.71. The van der Waals surface area contributed by atoms with E-state index in [0.717, 1.165) is 35.0 Å². The number of thiazole rings is 1. The Balaban J connectivity index is 1.34. The number of aryl methyl sites for hydroxylation is 4. The third-order valence-electron chi connectivity index (χ3n) is 5.40. The van der Waals surface area contributed by atoms with Gasteiger partial charge in [-0.3, -0.25) is 4.79 Å². The van der Waals surface area contributed by atoms with Gasteiger partial charge in [-0.2, -0.15) is 0 Å². The lowest BCUT2D eigenvalue weighted by Gasteiger charge is -2.16. The number of carbonyl (C=O) groups is 1. The van der Waals surface area contributed by atoms with E-state index >= 15 is 0 Å². The summed E-state index contributed by atoms with van der Waals surface area (Å²) in [7, 11) is 0. The van der Waals surface area contributed by atoms with Crippen LogP contribution in [0.15, 0.2) is 23.4 Å². The molecule has 4 rings (SSSR count). The van der Waals surface area contributed by atoms with Crippen LogP contribution in [0.2, 0.25) is 0 Å². The van der Waals surface area contributed by atoms with Gasteiger partial charge in [0.15, 0.2) is 16.1 Å². The van der Waals surface area contributed by atoms with Crippen molar-refractivity contribution in [3.8, 4) is 5.75 Å². The lowest BCUT2D eigenvalue weighted by Crippen LogP contribution is -2.14. The van der Waals surface area contributed by atoms with Gasteiger partial charge in [-0.15, -0.1) is 21.5 Å². The summed E-state index contributed by atoms with van der Waals surface area (Å²) in [5.41, 5.74) is 3.78. The molecule has 164 valence electrons. The molecule has 0 unspecified atom stereocenters. The Labute approximate surface area is 190 Å². The summed E-state index contributed by atoms with van der Waals surface area (Å²) in [6.45, 7) is 7.04. The third-order valence-corrected chi connectivity index (χ3v) is 7.36. The fourth-order valence-electron chi connectivity index (χ4n) is 3.61. The van der Waals surface area contributed by atoms with E-state index in [-0.39, 0.29) is 11.7 Å².